The third-order valence-corrected chi connectivity index (χ3v) is 10.5. The van der Waals surface area contributed by atoms with Crippen molar-refractivity contribution < 1.29 is 14.5 Å². The Bertz CT molecular complexity index is 989. The summed E-state index contributed by atoms with van der Waals surface area (Å²) in [5.74, 6) is 0. The molecule has 1 heterocycles. The van der Waals surface area contributed by atoms with Crippen LogP contribution in [0.4, 0.5) is 0 Å². The summed E-state index contributed by atoms with van der Waals surface area (Å²) in [7, 11) is 0. The lowest BCUT2D eigenvalue weighted by Gasteiger charge is -2.15. The zero-order chi connectivity index (χ0) is 35.3. The first-order valence-corrected chi connectivity index (χ1v) is 21.5. The molecule has 3 aliphatic carbocycles. The normalized spacial score (nSPS) is 21.1. The second-order valence-electron chi connectivity index (χ2n) is 15.1. The molecular weight excluding hydrogens is 637 g/mol. The van der Waals surface area contributed by atoms with Crippen molar-refractivity contribution in [2.75, 3.05) is 0 Å². The molecule has 0 aromatic carbocycles. The fourth-order valence-electron chi connectivity index (χ4n) is 7.30. The Morgan fingerprint density at radius 3 is 0.765 bits per heavy atom. The van der Waals surface area contributed by atoms with E-state index in [1.165, 1.54) is 154 Å². The van der Waals surface area contributed by atoms with Crippen LogP contribution in [0, 0.1) is 0 Å². The van der Waals surface area contributed by atoms with Crippen molar-refractivity contribution >= 4 is 0 Å². The molecule has 0 aliphatic heterocycles. The second kappa shape index (κ2) is 27.7. The van der Waals surface area contributed by atoms with E-state index in [4.69, 9.17) is 14.5 Å². The summed E-state index contributed by atoms with van der Waals surface area (Å²) in [6, 6.07) is 0.362. The van der Waals surface area contributed by atoms with Crippen LogP contribution in [0.1, 0.15) is 212 Å². The van der Waals surface area contributed by atoms with E-state index < -0.39 is 0 Å². The average molecular weight is 709 g/mol. The Morgan fingerprint density at radius 2 is 0.510 bits per heavy atom. The first-order chi connectivity index (χ1) is 25.3. The molecule has 0 amide bonds. The third kappa shape index (κ3) is 20.0. The van der Waals surface area contributed by atoms with E-state index in [9.17, 15) is 0 Å². The molecule has 1 aromatic heterocycles. The average Bonchev–Trinajstić information content (AvgIpc) is 3.21. The molecule has 3 N–H and O–H groups in total. The van der Waals surface area contributed by atoms with E-state index in [1.54, 1.807) is 0 Å². The highest BCUT2D eigenvalue weighted by atomic mass is 16.7. The van der Waals surface area contributed by atoms with Gasteiger partial charge in [-0.3, -0.25) is 0 Å². The molecule has 1 aromatic rings. The van der Waals surface area contributed by atoms with Gasteiger partial charge in [0.1, 0.15) is 0 Å². The predicted molar refractivity (Wildman–Crippen MR) is 208 cm³/mol. The number of nitrogens with one attached hydrogen (secondary N) is 3. The molecule has 51 heavy (non-hydrogen) atoms. The fraction of sp³-hybridized carbons (Fsp3) is 0.786. The van der Waals surface area contributed by atoms with Crippen LogP contribution >= 0.6 is 0 Å². The van der Waals surface area contributed by atoms with Gasteiger partial charge in [-0.15, -0.1) is 15.0 Å². The quantitative estimate of drug-likeness (QED) is 0.216. The van der Waals surface area contributed by atoms with Crippen molar-refractivity contribution in [1.29, 1.82) is 0 Å². The van der Waals surface area contributed by atoms with E-state index >= 15 is 0 Å². The van der Waals surface area contributed by atoms with Crippen molar-refractivity contribution in [2.45, 2.75) is 212 Å². The van der Waals surface area contributed by atoms with Gasteiger partial charge < -0.3 is 14.5 Å². The van der Waals surface area contributed by atoms with E-state index in [0.717, 1.165) is 74.9 Å². The highest BCUT2D eigenvalue weighted by Crippen LogP contribution is 2.21. The summed E-state index contributed by atoms with van der Waals surface area (Å²) in [6.45, 7) is 0. The summed E-state index contributed by atoms with van der Waals surface area (Å²) >= 11 is 0. The van der Waals surface area contributed by atoms with Crippen LogP contribution in [0.5, 0.6) is 18.0 Å². The number of aromatic nitrogens is 3. The van der Waals surface area contributed by atoms with Gasteiger partial charge in [0.15, 0.2) is 0 Å². The molecule has 0 saturated carbocycles. The molecule has 0 unspecified atom stereocenters. The Kier molecular flexibility index (Phi) is 22.1. The number of nitrogens with zero attached hydrogens (tertiary/aromatic N) is 3. The number of hydrogen-bond donors (Lipinski definition) is 3. The maximum absolute atomic E-state index is 6.04. The van der Waals surface area contributed by atoms with Gasteiger partial charge in [-0.2, -0.15) is 0 Å². The largest absolute Gasteiger partial charge is 0.352 e. The lowest BCUT2D eigenvalue weighted by atomic mass is 10.1. The highest BCUT2D eigenvalue weighted by molar-refractivity contribution is 5.11. The molecule has 0 atom stereocenters. The lowest BCUT2D eigenvalue weighted by molar-refractivity contribution is 0.155. The van der Waals surface area contributed by atoms with Crippen molar-refractivity contribution in [3.63, 3.8) is 0 Å². The van der Waals surface area contributed by atoms with Crippen LogP contribution < -0.4 is 31.0 Å². The predicted octanol–water partition coefficient (Wildman–Crippen LogP) is 12.1. The van der Waals surface area contributed by atoms with Crippen molar-refractivity contribution in [2.24, 2.45) is 0 Å². The molecule has 288 valence electrons. The zero-order valence-electron chi connectivity index (χ0n) is 32.1. The summed E-state index contributed by atoms with van der Waals surface area (Å²) in [5.41, 5.74) is 12.8. The van der Waals surface area contributed by atoms with Gasteiger partial charge in [0.25, 0.3) is 0 Å². The minimum Gasteiger partial charge on any atom is -0.340 e. The first-order valence-electron chi connectivity index (χ1n) is 21.5. The smallest absolute Gasteiger partial charge is 0.340 e. The third-order valence-electron chi connectivity index (χ3n) is 10.5. The van der Waals surface area contributed by atoms with E-state index in [1.807, 2.05) is 0 Å². The first kappa shape index (κ1) is 40.8. The zero-order valence-corrected chi connectivity index (χ0v) is 32.1. The van der Waals surface area contributed by atoms with Crippen LogP contribution in [0.25, 0.3) is 0 Å². The summed E-state index contributed by atoms with van der Waals surface area (Å²) in [4.78, 5) is 31.7. The van der Waals surface area contributed by atoms with Crippen molar-refractivity contribution in [3.05, 3.63) is 35.3 Å². The number of hydrogen-bond acceptors (Lipinski definition) is 9. The van der Waals surface area contributed by atoms with Crippen LogP contribution in [0.3, 0.4) is 0 Å². The molecular formula is C42H72N6O3. The van der Waals surface area contributed by atoms with Crippen LogP contribution in [0.2, 0.25) is 0 Å². The van der Waals surface area contributed by atoms with Crippen molar-refractivity contribution in [3.8, 4) is 18.0 Å². The minimum absolute atomic E-state index is 0.121. The number of hydroxylamine groups is 3. The summed E-state index contributed by atoms with van der Waals surface area (Å²) < 4.78 is 0. The van der Waals surface area contributed by atoms with E-state index in [0.29, 0.717) is 0 Å². The maximum atomic E-state index is 6.04. The Morgan fingerprint density at radius 1 is 0.294 bits per heavy atom. The molecule has 0 spiro atoms. The minimum atomic E-state index is 0.121. The standard InChI is InChI=1S/C42H72N6O3/c1-2-8-14-20-26-32-37(31-25-19-13-7-1)46-49-40-43-41(50-47-38-33-27-21-15-9-3-4-10-16-22-28-34-38)45-42(44-40)51-48-39-35-29-23-17-11-5-6-12-18-24-30-36-39/h31,33,35,46-48H,1-30,32,34,36H2. The van der Waals surface area contributed by atoms with Gasteiger partial charge in [0.05, 0.1) is 0 Å². The summed E-state index contributed by atoms with van der Waals surface area (Å²) in [6.07, 6.45) is 47.6. The molecule has 9 heteroatoms. The van der Waals surface area contributed by atoms with Crippen LogP contribution in [0.15, 0.2) is 35.3 Å². The monoisotopic (exact) mass is 709 g/mol. The van der Waals surface area contributed by atoms with Gasteiger partial charge in [-0.25, -0.2) is 16.4 Å². The van der Waals surface area contributed by atoms with Gasteiger partial charge in [0.2, 0.25) is 0 Å². The van der Waals surface area contributed by atoms with Gasteiger partial charge >= 0.3 is 18.0 Å². The summed E-state index contributed by atoms with van der Waals surface area (Å²) in [5, 5.41) is 0. The molecule has 0 radical (unpaired) electrons. The second-order valence-corrected chi connectivity index (χ2v) is 15.1. The highest BCUT2D eigenvalue weighted by Gasteiger charge is 2.14. The number of rotatable bonds is 9. The lowest BCUT2D eigenvalue weighted by Crippen LogP contribution is -2.24. The van der Waals surface area contributed by atoms with Gasteiger partial charge in [0, 0.05) is 17.1 Å². The SMILES string of the molecule is C1=C(NOc2nc(ONC3=CCCCCCCCCCCC3)nc(ONC3=CCCCCCCCCCCC3)n2)CCCCCCCCCCC1. The molecule has 0 saturated heterocycles. The Balaban J connectivity index is 1.43. The molecule has 3 aliphatic rings. The molecule has 0 bridgehead atoms. The number of allylic oxidation sites excluding steroid dienone is 6. The van der Waals surface area contributed by atoms with Gasteiger partial charge in [-0.05, 0) is 77.0 Å². The van der Waals surface area contributed by atoms with Crippen LogP contribution in [-0.2, 0) is 0 Å². The Hall–Kier alpha value is -2.97. The molecule has 4 rings (SSSR count). The molecule has 9 nitrogen and oxygen atoms in total. The topological polar surface area (TPSA) is 102 Å². The van der Waals surface area contributed by atoms with E-state index in [2.05, 4.69) is 49.6 Å². The fourth-order valence-corrected chi connectivity index (χ4v) is 7.30. The Labute approximate surface area is 310 Å². The van der Waals surface area contributed by atoms with Gasteiger partial charge in [-0.1, -0.05) is 153 Å². The van der Waals surface area contributed by atoms with Crippen LogP contribution in [-0.4, -0.2) is 15.0 Å². The molecule has 0 fully saturated rings. The van der Waals surface area contributed by atoms with E-state index in [-0.39, 0.29) is 18.0 Å². The maximum Gasteiger partial charge on any atom is 0.352 e. The van der Waals surface area contributed by atoms with Crippen molar-refractivity contribution in [1.82, 2.24) is 31.4 Å².